The van der Waals surface area contributed by atoms with Crippen LogP contribution in [0.25, 0.3) is 0 Å². The summed E-state index contributed by atoms with van der Waals surface area (Å²) in [5.41, 5.74) is 0.930. The number of nitrogens with one attached hydrogen (secondary N) is 1. The average Bonchev–Trinajstić information content (AvgIpc) is 2.35. The molecule has 0 bridgehead atoms. The Morgan fingerprint density at radius 2 is 1.78 bits per heavy atom. The number of sulfonamides is 1. The number of aliphatic hydroxyl groups is 1. The summed E-state index contributed by atoms with van der Waals surface area (Å²) in [6, 6.07) is 6.65. The van der Waals surface area contributed by atoms with Crippen LogP contribution < -0.4 is 4.72 Å². The van der Waals surface area contributed by atoms with Gasteiger partial charge in [-0.15, -0.1) is 0 Å². The fourth-order valence-electron chi connectivity index (χ4n) is 1.55. The van der Waals surface area contributed by atoms with Crippen molar-refractivity contribution >= 4 is 10.0 Å². The molecule has 0 fully saturated rings. The average molecular weight is 271 g/mol. The molecule has 0 aliphatic heterocycles. The summed E-state index contributed by atoms with van der Waals surface area (Å²) < 4.78 is 26.2. The van der Waals surface area contributed by atoms with Gasteiger partial charge in [0.2, 0.25) is 10.0 Å². The third kappa shape index (κ3) is 3.80. The van der Waals surface area contributed by atoms with Crippen molar-refractivity contribution in [2.45, 2.75) is 44.1 Å². The van der Waals surface area contributed by atoms with E-state index in [1.807, 2.05) is 13.8 Å². The fraction of sp³-hybridized carbons (Fsp3) is 0.538. The van der Waals surface area contributed by atoms with Crippen LogP contribution in [-0.2, 0) is 10.0 Å². The molecule has 5 heteroatoms. The summed E-state index contributed by atoms with van der Waals surface area (Å²) in [5.74, 6) is -0.00893. The first kappa shape index (κ1) is 15.1. The van der Waals surface area contributed by atoms with Crippen LogP contribution in [-0.4, -0.2) is 26.2 Å². The number of rotatable bonds is 6. The van der Waals surface area contributed by atoms with Crippen LogP contribution in [0.1, 0.15) is 38.7 Å². The third-order valence-electron chi connectivity index (χ3n) is 2.98. The Bertz CT molecular complexity index is 466. The van der Waals surface area contributed by atoms with E-state index in [2.05, 4.69) is 4.72 Å². The van der Waals surface area contributed by atoms with Crippen LogP contribution in [0.15, 0.2) is 29.2 Å². The van der Waals surface area contributed by atoms with Gasteiger partial charge in [0.1, 0.15) is 0 Å². The van der Waals surface area contributed by atoms with Gasteiger partial charge in [-0.05, 0) is 31.0 Å². The first-order valence-corrected chi connectivity index (χ1v) is 7.64. The molecule has 18 heavy (non-hydrogen) atoms. The van der Waals surface area contributed by atoms with E-state index in [4.69, 9.17) is 0 Å². The van der Waals surface area contributed by atoms with Crippen LogP contribution in [0.2, 0.25) is 0 Å². The van der Waals surface area contributed by atoms with Crippen LogP contribution in [0.4, 0.5) is 0 Å². The maximum absolute atomic E-state index is 11.8. The first-order valence-electron chi connectivity index (χ1n) is 6.16. The van der Waals surface area contributed by atoms with Gasteiger partial charge >= 0.3 is 0 Å². The van der Waals surface area contributed by atoms with E-state index in [9.17, 15) is 13.5 Å². The second kappa shape index (κ2) is 6.31. The molecule has 0 saturated carbocycles. The predicted molar refractivity (Wildman–Crippen MR) is 72.0 cm³/mol. The van der Waals surface area contributed by atoms with Gasteiger partial charge in [0, 0.05) is 12.5 Å². The van der Waals surface area contributed by atoms with Crippen LogP contribution in [0.3, 0.4) is 0 Å². The molecule has 1 aromatic carbocycles. The van der Waals surface area contributed by atoms with Crippen molar-refractivity contribution in [2.75, 3.05) is 6.54 Å². The van der Waals surface area contributed by atoms with Gasteiger partial charge in [-0.2, -0.15) is 0 Å². The highest BCUT2D eigenvalue weighted by molar-refractivity contribution is 7.89. The van der Waals surface area contributed by atoms with E-state index in [0.29, 0.717) is 6.54 Å². The maximum Gasteiger partial charge on any atom is 0.240 e. The second-order valence-corrected chi connectivity index (χ2v) is 6.26. The van der Waals surface area contributed by atoms with Crippen molar-refractivity contribution in [3.05, 3.63) is 29.8 Å². The Morgan fingerprint density at radius 3 is 2.22 bits per heavy atom. The van der Waals surface area contributed by atoms with Gasteiger partial charge in [0.15, 0.2) is 0 Å². The van der Waals surface area contributed by atoms with Gasteiger partial charge < -0.3 is 5.11 Å². The Morgan fingerprint density at radius 1 is 1.22 bits per heavy atom. The summed E-state index contributed by atoms with van der Waals surface area (Å²) in [6.07, 6.45) is 0.307. The SMILES string of the molecule is CCCNS(=O)(=O)c1ccc(C(C)C(C)O)cc1. The van der Waals surface area contributed by atoms with Crippen LogP contribution >= 0.6 is 0 Å². The zero-order chi connectivity index (χ0) is 13.8. The lowest BCUT2D eigenvalue weighted by molar-refractivity contribution is 0.169. The van der Waals surface area contributed by atoms with E-state index < -0.39 is 16.1 Å². The molecular weight excluding hydrogens is 250 g/mol. The topological polar surface area (TPSA) is 66.4 Å². The molecule has 0 amide bonds. The Hall–Kier alpha value is -0.910. The van der Waals surface area contributed by atoms with Crippen molar-refractivity contribution in [2.24, 2.45) is 0 Å². The normalized spacial score (nSPS) is 15.3. The molecule has 0 aromatic heterocycles. The van der Waals surface area contributed by atoms with E-state index in [-0.39, 0.29) is 10.8 Å². The monoisotopic (exact) mass is 271 g/mol. The molecule has 4 nitrogen and oxygen atoms in total. The summed E-state index contributed by atoms with van der Waals surface area (Å²) >= 11 is 0. The fourth-order valence-corrected chi connectivity index (χ4v) is 2.68. The minimum atomic E-state index is -3.40. The first-order chi connectivity index (χ1) is 8.38. The highest BCUT2D eigenvalue weighted by atomic mass is 32.2. The molecule has 0 radical (unpaired) electrons. The maximum atomic E-state index is 11.8. The Kier molecular flexibility index (Phi) is 5.31. The van der Waals surface area contributed by atoms with Crippen molar-refractivity contribution in [3.8, 4) is 0 Å². The van der Waals surface area contributed by atoms with Crippen LogP contribution in [0.5, 0.6) is 0 Å². The van der Waals surface area contributed by atoms with Gasteiger partial charge in [0.05, 0.1) is 11.0 Å². The highest BCUT2D eigenvalue weighted by Crippen LogP contribution is 2.20. The Balaban J connectivity index is 2.89. The zero-order valence-electron chi connectivity index (χ0n) is 11.1. The molecule has 102 valence electrons. The summed E-state index contributed by atoms with van der Waals surface area (Å²) in [7, 11) is -3.40. The molecule has 0 spiro atoms. The molecule has 0 saturated heterocycles. The standard InChI is InChI=1S/C13H21NO3S/c1-4-9-14-18(16,17)13-7-5-12(6-8-13)10(2)11(3)15/h5-8,10-11,14-15H,4,9H2,1-3H3. The minimum Gasteiger partial charge on any atom is -0.393 e. The molecule has 1 aromatic rings. The molecule has 0 aliphatic rings. The number of hydrogen-bond donors (Lipinski definition) is 2. The summed E-state index contributed by atoms with van der Waals surface area (Å²) in [6.45, 7) is 5.98. The van der Waals surface area contributed by atoms with Crippen molar-refractivity contribution in [1.82, 2.24) is 4.72 Å². The van der Waals surface area contributed by atoms with E-state index >= 15 is 0 Å². The molecule has 2 N–H and O–H groups in total. The number of hydrogen-bond acceptors (Lipinski definition) is 3. The smallest absolute Gasteiger partial charge is 0.240 e. The zero-order valence-corrected chi connectivity index (χ0v) is 11.9. The number of aliphatic hydroxyl groups excluding tert-OH is 1. The molecule has 0 aliphatic carbocycles. The quantitative estimate of drug-likeness (QED) is 0.830. The van der Waals surface area contributed by atoms with Gasteiger partial charge in [-0.3, -0.25) is 0 Å². The van der Waals surface area contributed by atoms with E-state index in [1.54, 1.807) is 31.2 Å². The highest BCUT2D eigenvalue weighted by Gasteiger charge is 2.15. The largest absolute Gasteiger partial charge is 0.393 e. The van der Waals surface area contributed by atoms with Crippen molar-refractivity contribution < 1.29 is 13.5 Å². The minimum absolute atomic E-state index is 0.00893. The second-order valence-electron chi connectivity index (χ2n) is 4.50. The number of benzene rings is 1. The van der Waals surface area contributed by atoms with Crippen molar-refractivity contribution in [3.63, 3.8) is 0 Å². The molecule has 1 rings (SSSR count). The van der Waals surface area contributed by atoms with Gasteiger partial charge in [-0.25, -0.2) is 13.1 Å². The predicted octanol–water partition coefficient (Wildman–Crippen LogP) is 1.86. The van der Waals surface area contributed by atoms with Gasteiger partial charge in [-0.1, -0.05) is 26.0 Å². The van der Waals surface area contributed by atoms with E-state index in [1.165, 1.54) is 0 Å². The molecule has 0 heterocycles. The Labute approximate surface area is 109 Å². The molecule has 2 unspecified atom stereocenters. The lowest BCUT2D eigenvalue weighted by Crippen LogP contribution is -2.24. The summed E-state index contributed by atoms with van der Waals surface area (Å²) in [4.78, 5) is 0.262. The summed E-state index contributed by atoms with van der Waals surface area (Å²) in [5, 5.41) is 9.49. The third-order valence-corrected chi connectivity index (χ3v) is 4.46. The van der Waals surface area contributed by atoms with Gasteiger partial charge in [0.25, 0.3) is 0 Å². The molecular formula is C13H21NO3S. The van der Waals surface area contributed by atoms with Crippen LogP contribution in [0, 0.1) is 0 Å². The molecule has 2 atom stereocenters. The van der Waals surface area contributed by atoms with Crippen molar-refractivity contribution in [1.29, 1.82) is 0 Å². The van der Waals surface area contributed by atoms with E-state index in [0.717, 1.165) is 12.0 Å². The lowest BCUT2D eigenvalue weighted by atomic mass is 9.97. The lowest BCUT2D eigenvalue weighted by Gasteiger charge is -2.15.